The van der Waals surface area contributed by atoms with Crippen molar-refractivity contribution in [2.45, 2.75) is 32.5 Å². The van der Waals surface area contributed by atoms with Crippen LogP contribution in [0.3, 0.4) is 0 Å². The van der Waals surface area contributed by atoms with Gasteiger partial charge in [0.05, 0.1) is 5.69 Å². The standard InChI is InChI=1S/C14H18F3N3O/c1-2-13(7-8-13)9-19-12(18)20-10-5-3-4-6-11(10)21-14(15,16)17/h3-6H,2,7-9H2,1H3,(H3,18,19,20). The van der Waals surface area contributed by atoms with Crippen LogP contribution in [0.2, 0.25) is 0 Å². The van der Waals surface area contributed by atoms with Crippen molar-refractivity contribution in [3.8, 4) is 5.75 Å². The number of aliphatic imine (C=N–C) groups is 1. The van der Waals surface area contributed by atoms with Crippen LogP contribution < -0.4 is 15.8 Å². The highest BCUT2D eigenvalue weighted by Gasteiger charge is 2.40. The Bertz CT molecular complexity index is 524. The third kappa shape index (κ3) is 4.54. The molecule has 0 radical (unpaired) electrons. The molecule has 21 heavy (non-hydrogen) atoms. The highest BCUT2D eigenvalue weighted by Crippen LogP contribution is 2.48. The first kappa shape index (κ1) is 15.5. The number of nitrogens with one attached hydrogen (secondary N) is 1. The largest absolute Gasteiger partial charge is 0.573 e. The lowest BCUT2D eigenvalue weighted by Crippen LogP contribution is -2.25. The molecule has 0 atom stereocenters. The fraction of sp³-hybridized carbons (Fsp3) is 0.500. The van der Waals surface area contributed by atoms with E-state index in [1.165, 1.54) is 18.2 Å². The molecule has 1 aromatic rings. The van der Waals surface area contributed by atoms with Crippen molar-refractivity contribution in [3.63, 3.8) is 0 Å². The summed E-state index contributed by atoms with van der Waals surface area (Å²) in [6, 6.07) is 5.72. The lowest BCUT2D eigenvalue weighted by atomic mass is 10.1. The Balaban J connectivity index is 2.03. The maximum absolute atomic E-state index is 12.3. The van der Waals surface area contributed by atoms with E-state index in [0.717, 1.165) is 19.3 Å². The number of alkyl halides is 3. The predicted octanol–water partition coefficient (Wildman–Crippen LogP) is 3.50. The van der Waals surface area contributed by atoms with Crippen LogP contribution in [0.25, 0.3) is 0 Å². The van der Waals surface area contributed by atoms with Gasteiger partial charge in [-0.25, -0.2) is 0 Å². The van der Waals surface area contributed by atoms with Crippen molar-refractivity contribution in [2.24, 2.45) is 16.1 Å². The van der Waals surface area contributed by atoms with E-state index >= 15 is 0 Å². The Hall–Kier alpha value is -1.92. The van der Waals surface area contributed by atoms with Crippen LogP contribution in [-0.4, -0.2) is 18.9 Å². The van der Waals surface area contributed by atoms with E-state index < -0.39 is 6.36 Å². The predicted molar refractivity (Wildman–Crippen MR) is 75.2 cm³/mol. The second-order valence-electron chi connectivity index (χ2n) is 5.22. The first-order valence-electron chi connectivity index (χ1n) is 6.75. The van der Waals surface area contributed by atoms with E-state index in [4.69, 9.17) is 5.73 Å². The molecule has 1 saturated carbocycles. The average Bonchev–Trinajstić information content (AvgIpc) is 3.18. The zero-order chi connectivity index (χ0) is 15.5. The van der Waals surface area contributed by atoms with E-state index in [-0.39, 0.29) is 22.8 Å². The number of ether oxygens (including phenoxy) is 1. The number of anilines is 1. The fourth-order valence-corrected chi connectivity index (χ4v) is 2.01. The Kier molecular flexibility index (Phi) is 4.29. The van der Waals surface area contributed by atoms with Crippen LogP contribution in [0.4, 0.5) is 18.9 Å². The summed E-state index contributed by atoms with van der Waals surface area (Å²) in [4.78, 5) is 4.21. The zero-order valence-electron chi connectivity index (χ0n) is 11.7. The van der Waals surface area contributed by atoms with Gasteiger partial charge in [-0.05, 0) is 36.8 Å². The van der Waals surface area contributed by atoms with Gasteiger partial charge in [-0.15, -0.1) is 13.2 Å². The Labute approximate surface area is 121 Å². The number of benzene rings is 1. The molecule has 1 aromatic carbocycles. The number of nitrogens with zero attached hydrogens (tertiary/aromatic N) is 1. The lowest BCUT2D eigenvalue weighted by molar-refractivity contribution is -0.274. The first-order valence-corrected chi connectivity index (χ1v) is 6.75. The van der Waals surface area contributed by atoms with Gasteiger partial charge in [0.2, 0.25) is 0 Å². The summed E-state index contributed by atoms with van der Waals surface area (Å²) in [6.45, 7) is 2.68. The maximum Gasteiger partial charge on any atom is 0.573 e. The van der Waals surface area contributed by atoms with Gasteiger partial charge >= 0.3 is 6.36 Å². The smallest absolute Gasteiger partial charge is 0.404 e. The molecule has 0 unspecified atom stereocenters. The lowest BCUT2D eigenvalue weighted by Gasteiger charge is -2.14. The van der Waals surface area contributed by atoms with E-state index in [1.54, 1.807) is 6.07 Å². The van der Waals surface area contributed by atoms with Crippen LogP contribution in [0, 0.1) is 5.41 Å². The van der Waals surface area contributed by atoms with Crippen molar-refractivity contribution < 1.29 is 17.9 Å². The maximum atomic E-state index is 12.3. The first-order chi connectivity index (χ1) is 9.84. The van der Waals surface area contributed by atoms with Crippen LogP contribution in [0.15, 0.2) is 29.3 Å². The average molecular weight is 301 g/mol. The number of rotatable bonds is 5. The van der Waals surface area contributed by atoms with E-state index in [2.05, 4.69) is 22.0 Å². The number of guanidine groups is 1. The third-order valence-corrected chi connectivity index (χ3v) is 3.67. The van der Waals surface area contributed by atoms with Gasteiger partial charge in [0.25, 0.3) is 0 Å². The summed E-state index contributed by atoms with van der Waals surface area (Å²) in [5, 5.41) is 2.66. The van der Waals surface area contributed by atoms with Crippen molar-refractivity contribution in [3.05, 3.63) is 24.3 Å². The highest BCUT2D eigenvalue weighted by atomic mass is 19.4. The van der Waals surface area contributed by atoms with Crippen molar-refractivity contribution >= 4 is 11.6 Å². The van der Waals surface area contributed by atoms with Gasteiger partial charge < -0.3 is 15.8 Å². The summed E-state index contributed by atoms with van der Waals surface area (Å²) in [6.07, 6.45) is -1.48. The molecule has 0 saturated heterocycles. The van der Waals surface area contributed by atoms with Gasteiger partial charge in [-0.3, -0.25) is 4.99 Å². The number of halogens is 3. The molecule has 2 rings (SSSR count). The second kappa shape index (κ2) is 5.83. The van der Waals surface area contributed by atoms with Crippen molar-refractivity contribution in [1.29, 1.82) is 0 Å². The minimum Gasteiger partial charge on any atom is -0.404 e. The summed E-state index contributed by atoms with van der Waals surface area (Å²) >= 11 is 0. The minimum absolute atomic E-state index is 0.0907. The molecular weight excluding hydrogens is 283 g/mol. The van der Waals surface area contributed by atoms with E-state index in [9.17, 15) is 13.2 Å². The Morgan fingerprint density at radius 3 is 2.62 bits per heavy atom. The highest BCUT2D eigenvalue weighted by molar-refractivity contribution is 5.93. The van der Waals surface area contributed by atoms with Gasteiger partial charge in [-0.1, -0.05) is 19.1 Å². The summed E-state index contributed by atoms with van der Waals surface area (Å²) in [5.74, 6) is -0.243. The van der Waals surface area contributed by atoms with E-state index in [1.807, 2.05) is 0 Å². The van der Waals surface area contributed by atoms with Gasteiger partial charge in [0.15, 0.2) is 11.7 Å². The molecule has 4 nitrogen and oxygen atoms in total. The van der Waals surface area contributed by atoms with Gasteiger partial charge in [-0.2, -0.15) is 0 Å². The van der Waals surface area contributed by atoms with Crippen LogP contribution in [0.1, 0.15) is 26.2 Å². The summed E-state index contributed by atoms with van der Waals surface area (Å²) in [7, 11) is 0. The van der Waals surface area contributed by atoms with Crippen LogP contribution in [-0.2, 0) is 0 Å². The Morgan fingerprint density at radius 2 is 2.05 bits per heavy atom. The molecule has 7 heteroatoms. The van der Waals surface area contributed by atoms with Gasteiger partial charge in [0.1, 0.15) is 0 Å². The molecule has 1 aliphatic carbocycles. The number of hydrogen-bond acceptors (Lipinski definition) is 2. The quantitative estimate of drug-likeness (QED) is 0.646. The molecule has 0 aliphatic heterocycles. The molecule has 1 fully saturated rings. The van der Waals surface area contributed by atoms with Crippen molar-refractivity contribution in [2.75, 3.05) is 11.9 Å². The molecule has 1 aliphatic rings. The number of para-hydroxylation sites is 2. The van der Waals surface area contributed by atoms with Gasteiger partial charge in [0, 0.05) is 6.54 Å². The van der Waals surface area contributed by atoms with Crippen LogP contribution >= 0.6 is 0 Å². The normalized spacial score (nSPS) is 17.4. The second-order valence-corrected chi connectivity index (χ2v) is 5.22. The SMILES string of the molecule is CCC1(CN=C(N)Nc2ccccc2OC(F)(F)F)CC1. The number of nitrogens with two attached hydrogens (primary N) is 1. The molecule has 3 N–H and O–H groups in total. The van der Waals surface area contributed by atoms with Crippen molar-refractivity contribution in [1.82, 2.24) is 0 Å². The minimum atomic E-state index is -4.75. The third-order valence-electron chi connectivity index (χ3n) is 3.67. The molecular formula is C14H18F3N3O. The topological polar surface area (TPSA) is 59.6 Å². The number of hydrogen-bond donors (Lipinski definition) is 2. The molecule has 0 heterocycles. The summed E-state index contributed by atoms with van der Waals surface area (Å²) < 4.78 is 40.9. The molecule has 0 aromatic heterocycles. The van der Waals surface area contributed by atoms with Crippen LogP contribution in [0.5, 0.6) is 5.75 Å². The fourth-order valence-electron chi connectivity index (χ4n) is 2.01. The summed E-state index contributed by atoms with van der Waals surface area (Å²) in [5.41, 5.74) is 6.10. The molecule has 0 amide bonds. The molecule has 0 bridgehead atoms. The van der Waals surface area contributed by atoms with E-state index in [0.29, 0.717) is 6.54 Å². The Morgan fingerprint density at radius 1 is 1.38 bits per heavy atom. The molecule has 0 spiro atoms. The zero-order valence-corrected chi connectivity index (χ0v) is 11.7. The monoisotopic (exact) mass is 301 g/mol. The molecule has 116 valence electrons.